The SMILES string of the molecule is O=c1[nH]c2ccccc2c2cc(O)c(O)cc12. The van der Waals surface area contributed by atoms with Gasteiger partial charge in [0.1, 0.15) is 0 Å². The number of nitrogens with one attached hydrogen (secondary N) is 1. The van der Waals surface area contributed by atoms with E-state index in [-0.39, 0.29) is 17.1 Å². The van der Waals surface area contributed by atoms with E-state index in [1.807, 2.05) is 18.2 Å². The van der Waals surface area contributed by atoms with Crippen LogP contribution in [0, 0.1) is 0 Å². The van der Waals surface area contributed by atoms with E-state index >= 15 is 0 Å². The molecule has 84 valence electrons. The molecule has 0 atom stereocenters. The Hall–Kier alpha value is -2.49. The largest absolute Gasteiger partial charge is 0.504 e. The molecule has 4 heteroatoms. The van der Waals surface area contributed by atoms with Gasteiger partial charge in [-0.25, -0.2) is 0 Å². The topological polar surface area (TPSA) is 73.3 Å². The molecule has 0 aliphatic rings. The van der Waals surface area contributed by atoms with Crippen molar-refractivity contribution in [2.24, 2.45) is 0 Å². The number of hydrogen-bond acceptors (Lipinski definition) is 3. The quantitative estimate of drug-likeness (QED) is 0.406. The molecule has 0 saturated carbocycles. The number of rotatable bonds is 0. The van der Waals surface area contributed by atoms with Crippen molar-refractivity contribution < 1.29 is 10.2 Å². The molecule has 2 aromatic carbocycles. The van der Waals surface area contributed by atoms with Gasteiger partial charge < -0.3 is 15.2 Å². The van der Waals surface area contributed by atoms with Crippen molar-refractivity contribution in [2.45, 2.75) is 0 Å². The van der Waals surface area contributed by atoms with Crippen LogP contribution in [0.25, 0.3) is 21.7 Å². The van der Waals surface area contributed by atoms with E-state index in [9.17, 15) is 15.0 Å². The maximum Gasteiger partial charge on any atom is 0.256 e. The van der Waals surface area contributed by atoms with E-state index in [0.717, 1.165) is 5.39 Å². The van der Waals surface area contributed by atoms with Gasteiger partial charge in [-0.1, -0.05) is 18.2 Å². The lowest BCUT2D eigenvalue weighted by atomic mass is 10.1. The summed E-state index contributed by atoms with van der Waals surface area (Å²) in [4.78, 5) is 14.5. The van der Waals surface area contributed by atoms with E-state index in [0.29, 0.717) is 16.3 Å². The van der Waals surface area contributed by atoms with Gasteiger partial charge in [0.25, 0.3) is 5.56 Å². The van der Waals surface area contributed by atoms with E-state index in [1.165, 1.54) is 12.1 Å². The number of phenolic OH excluding ortho intramolecular Hbond substituents is 2. The van der Waals surface area contributed by atoms with Crippen LogP contribution >= 0.6 is 0 Å². The Kier molecular flexibility index (Phi) is 1.86. The average Bonchev–Trinajstić information content (AvgIpc) is 2.32. The van der Waals surface area contributed by atoms with Crippen LogP contribution in [0.4, 0.5) is 0 Å². The number of aromatic amines is 1. The zero-order valence-electron chi connectivity index (χ0n) is 8.77. The van der Waals surface area contributed by atoms with E-state index < -0.39 is 0 Å². The van der Waals surface area contributed by atoms with Crippen LogP contribution in [0.5, 0.6) is 11.5 Å². The summed E-state index contributed by atoms with van der Waals surface area (Å²) in [5.41, 5.74) is 0.420. The number of para-hydroxylation sites is 1. The van der Waals surface area contributed by atoms with Gasteiger partial charge in [0.15, 0.2) is 11.5 Å². The summed E-state index contributed by atoms with van der Waals surface area (Å²) in [7, 11) is 0. The zero-order chi connectivity index (χ0) is 12.0. The smallest absolute Gasteiger partial charge is 0.256 e. The number of aromatic nitrogens is 1. The zero-order valence-corrected chi connectivity index (χ0v) is 8.77. The number of H-pyrrole nitrogens is 1. The summed E-state index contributed by atoms with van der Waals surface area (Å²) in [6.45, 7) is 0. The predicted molar refractivity (Wildman–Crippen MR) is 65.4 cm³/mol. The van der Waals surface area contributed by atoms with Crippen LogP contribution in [0.1, 0.15) is 0 Å². The summed E-state index contributed by atoms with van der Waals surface area (Å²) in [6.07, 6.45) is 0. The van der Waals surface area contributed by atoms with Gasteiger partial charge >= 0.3 is 0 Å². The molecule has 1 aromatic heterocycles. The summed E-state index contributed by atoms with van der Waals surface area (Å²) in [6, 6.07) is 10.00. The summed E-state index contributed by atoms with van der Waals surface area (Å²) >= 11 is 0. The van der Waals surface area contributed by atoms with Gasteiger partial charge in [0, 0.05) is 16.3 Å². The van der Waals surface area contributed by atoms with Crippen LogP contribution in [-0.2, 0) is 0 Å². The molecule has 0 amide bonds. The predicted octanol–water partition coefficient (Wildman–Crippen LogP) is 2.09. The Balaban J connectivity index is 2.65. The van der Waals surface area contributed by atoms with Gasteiger partial charge in [-0.05, 0) is 18.2 Å². The molecule has 3 aromatic rings. The number of pyridine rings is 1. The maximum atomic E-state index is 11.8. The fraction of sp³-hybridized carbons (Fsp3) is 0. The lowest BCUT2D eigenvalue weighted by molar-refractivity contribution is 0.405. The number of fused-ring (bicyclic) bond motifs is 3. The highest BCUT2D eigenvalue weighted by atomic mass is 16.3. The Bertz CT molecular complexity index is 790. The van der Waals surface area contributed by atoms with Crippen molar-refractivity contribution in [2.75, 3.05) is 0 Å². The van der Waals surface area contributed by atoms with E-state index in [1.54, 1.807) is 6.07 Å². The Morgan fingerprint density at radius 1 is 0.882 bits per heavy atom. The molecule has 0 fully saturated rings. The first-order valence-corrected chi connectivity index (χ1v) is 5.13. The van der Waals surface area contributed by atoms with Crippen LogP contribution in [-0.4, -0.2) is 15.2 Å². The second kappa shape index (κ2) is 3.25. The Morgan fingerprint density at radius 3 is 2.29 bits per heavy atom. The van der Waals surface area contributed by atoms with Crippen molar-refractivity contribution in [1.29, 1.82) is 0 Å². The highest BCUT2D eigenvalue weighted by Crippen LogP contribution is 2.31. The van der Waals surface area contributed by atoms with Gasteiger partial charge in [-0.2, -0.15) is 0 Å². The normalized spacial score (nSPS) is 11.1. The molecule has 17 heavy (non-hydrogen) atoms. The van der Waals surface area contributed by atoms with Gasteiger partial charge in [-0.15, -0.1) is 0 Å². The molecule has 0 radical (unpaired) electrons. The average molecular weight is 227 g/mol. The minimum Gasteiger partial charge on any atom is -0.504 e. The van der Waals surface area contributed by atoms with Gasteiger partial charge in [0.05, 0.1) is 5.39 Å². The van der Waals surface area contributed by atoms with Crippen molar-refractivity contribution in [3.8, 4) is 11.5 Å². The lowest BCUT2D eigenvalue weighted by Gasteiger charge is -2.05. The third-order valence-corrected chi connectivity index (χ3v) is 2.82. The van der Waals surface area contributed by atoms with Crippen LogP contribution in [0.2, 0.25) is 0 Å². The minimum atomic E-state index is -0.293. The summed E-state index contributed by atoms with van der Waals surface area (Å²) < 4.78 is 0. The fourth-order valence-electron chi connectivity index (χ4n) is 2.00. The first-order chi connectivity index (χ1) is 8.16. The number of benzene rings is 2. The van der Waals surface area contributed by atoms with Crippen molar-refractivity contribution in [3.63, 3.8) is 0 Å². The summed E-state index contributed by atoms with van der Waals surface area (Å²) in [5, 5.41) is 20.7. The third-order valence-electron chi connectivity index (χ3n) is 2.82. The van der Waals surface area contributed by atoms with Crippen molar-refractivity contribution in [1.82, 2.24) is 4.98 Å². The molecule has 4 nitrogen and oxygen atoms in total. The van der Waals surface area contributed by atoms with E-state index in [4.69, 9.17) is 0 Å². The Labute approximate surface area is 95.8 Å². The fourth-order valence-corrected chi connectivity index (χ4v) is 2.00. The second-order valence-corrected chi connectivity index (χ2v) is 3.89. The number of phenols is 2. The Morgan fingerprint density at radius 2 is 1.53 bits per heavy atom. The first kappa shape index (κ1) is 9.72. The maximum absolute atomic E-state index is 11.8. The standard InChI is InChI=1S/C13H9NO3/c15-11-5-8-7-3-1-2-4-10(7)14-13(17)9(8)6-12(11)16/h1-6,15-16H,(H,14,17). The number of aromatic hydroxyl groups is 2. The molecular formula is C13H9NO3. The molecule has 0 aliphatic carbocycles. The summed E-state index contributed by atoms with van der Waals surface area (Å²) in [5.74, 6) is -0.522. The lowest BCUT2D eigenvalue weighted by Crippen LogP contribution is -2.05. The molecule has 0 saturated heterocycles. The highest BCUT2D eigenvalue weighted by Gasteiger charge is 2.08. The van der Waals surface area contributed by atoms with Crippen molar-refractivity contribution >= 4 is 21.7 Å². The molecule has 0 aliphatic heterocycles. The van der Waals surface area contributed by atoms with Crippen molar-refractivity contribution in [3.05, 3.63) is 46.8 Å². The molecule has 3 rings (SSSR count). The minimum absolute atomic E-state index is 0.228. The van der Waals surface area contributed by atoms with E-state index in [2.05, 4.69) is 4.98 Å². The van der Waals surface area contributed by atoms with Crippen LogP contribution in [0.15, 0.2) is 41.2 Å². The van der Waals surface area contributed by atoms with Gasteiger partial charge in [-0.3, -0.25) is 4.79 Å². The molecule has 3 N–H and O–H groups in total. The second-order valence-electron chi connectivity index (χ2n) is 3.89. The molecule has 0 bridgehead atoms. The highest BCUT2D eigenvalue weighted by molar-refractivity contribution is 6.06. The van der Waals surface area contributed by atoms with Crippen LogP contribution in [0.3, 0.4) is 0 Å². The van der Waals surface area contributed by atoms with Gasteiger partial charge in [0.2, 0.25) is 0 Å². The molecule has 0 spiro atoms. The van der Waals surface area contributed by atoms with Crippen LogP contribution < -0.4 is 5.56 Å². The monoisotopic (exact) mass is 227 g/mol. The third kappa shape index (κ3) is 1.34. The number of hydrogen-bond donors (Lipinski definition) is 3. The first-order valence-electron chi connectivity index (χ1n) is 5.13. The molecule has 0 unspecified atom stereocenters. The molecule has 1 heterocycles. The molecular weight excluding hydrogens is 218 g/mol.